The summed E-state index contributed by atoms with van der Waals surface area (Å²) in [6.07, 6.45) is -0.0448. The summed E-state index contributed by atoms with van der Waals surface area (Å²) >= 11 is 0. The molecule has 1 fully saturated rings. The monoisotopic (exact) mass is 245 g/mol. The average molecular weight is 245 g/mol. The highest BCUT2D eigenvalue weighted by molar-refractivity contribution is 5.88. The number of methoxy groups -OCH3 is 3. The van der Waals surface area contributed by atoms with Gasteiger partial charge >= 0.3 is 18.0 Å². The molecule has 1 aliphatic heterocycles. The van der Waals surface area contributed by atoms with Crippen molar-refractivity contribution in [2.75, 3.05) is 21.3 Å². The molecule has 7 nitrogen and oxygen atoms in total. The van der Waals surface area contributed by atoms with Gasteiger partial charge in [-0.15, -0.1) is 0 Å². The van der Waals surface area contributed by atoms with Crippen molar-refractivity contribution in [1.29, 1.82) is 0 Å². The maximum absolute atomic E-state index is 11.6. The molecule has 2 atom stereocenters. The Kier molecular flexibility index (Phi) is 4.30. The van der Waals surface area contributed by atoms with Gasteiger partial charge in [0.25, 0.3) is 0 Å². The predicted molar refractivity (Wildman–Crippen MR) is 55.1 cm³/mol. The normalized spacial score (nSPS) is 23.1. The molecule has 7 heteroatoms. The highest BCUT2D eigenvalue weighted by Gasteiger charge is 2.46. The number of amides is 1. The lowest BCUT2D eigenvalue weighted by Gasteiger charge is -2.25. The molecule has 1 aliphatic rings. The summed E-state index contributed by atoms with van der Waals surface area (Å²) in [4.78, 5) is 35.6. The Labute approximate surface area is 98.6 Å². The predicted octanol–water partition coefficient (Wildman–Crippen LogP) is -0.0682. The minimum Gasteiger partial charge on any atom is -0.467 e. The van der Waals surface area contributed by atoms with Gasteiger partial charge in [0.15, 0.2) is 0 Å². The van der Waals surface area contributed by atoms with Crippen molar-refractivity contribution in [3.63, 3.8) is 0 Å². The number of likely N-dealkylation sites (tertiary alicyclic amines) is 1. The molecule has 0 N–H and O–H groups in total. The largest absolute Gasteiger partial charge is 0.467 e. The van der Waals surface area contributed by atoms with E-state index in [2.05, 4.69) is 14.2 Å². The Balaban J connectivity index is 2.93. The number of esters is 2. The summed E-state index contributed by atoms with van der Waals surface area (Å²) in [5.74, 6) is -1.14. The topological polar surface area (TPSA) is 82.1 Å². The molecular formula is C10H15NO6. The van der Waals surface area contributed by atoms with Crippen LogP contribution in [-0.2, 0) is 23.8 Å². The van der Waals surface area contributed by atoms with Crippen LogP contribution < -0.4 is 0 Å². The lowest BCUT2D eigenvalue weighted by atomic mass is 10.2. The number of carbonyl (C=O) groups excluding carboxylic acids is 3. The Morgan fingerprint density at radius 1 is 0.882 bits per heavy atom. The van der Waals surface area contributed by atoms with E-state index in [0.717, 1.165) is 4.90 Å². The highest BCUT2D eigenvalue weighted by Crippen LogP contribution is 2.26. The summed E-state index contributed by atoms with van der Waals surface area (Å²) < 4.78 is 13.7. The third-order valence-electron chi connectivity index (χ3n) is 2.72. The highest BCUT2D eigenvalue weighted by atomic mass is 16.6. The van der Waals surface area contributed by atoms with E-state index in [9.17, 15) is 14.4 Å². The van der Waals surface area contributed by atoms with E-state index in [4.69, 9.17) is 0 Å². The molecule has 0 aromatic carbocycles. The third-order valence-corrected chi connectivity index (χ3v) is 2.72. The minimum atomic E-state index is -0.795. The molecule has 96 valence electrons. The van der Waals surface area contributed by atoms with E-state index >= 15 is 0 Å². The van der Waals surface area contributed by atoms with Crippen molar-refractivity contribution in [2.45, 2.75) is 24.9 Å². The van der Waals surface area contributed by atoms with E-state index in [-0.39, 0.29) is 0 Å². The minimum absolute atomic E-state index is 0.349. The zero-order chi connectivity index (χ0) is 13.0. The first-order valence-electron chi connectivity index (χ1n) is 5.08. The third kappa shape index (κ3) is 2.48. The van der Waals surface area contributed by atoms with Crippen molar-refractivity contribution >= 4 is 18.0 Å². The van der Waals surface area contributed by atoms with Gasteiger partial charge in [-0.3, -0.25) is 4.90 Å². The molecule has 0 spiro atoms. The number of hydrogen-bond donors (Lipinski definition) is 0. The van der Waals surface area contributed by atoms with Crippen LogP contribution in [0.15, 0.2) is 0 Å². The second-order valence-corrected chi connectivity index (χ2v) is 3.53. The van der Waals surface area contributed by atoms with Crippen molar-refractivity contribution in [2.24, 2.45) is 0 Å². The summed E-state index contributed by atoms with van der Waals surface area (Å²) in [6.45, 7) is 0. The average Bonchev–Trinajstić information content (AvgIpc) is 2.80. The van der Waals surface area contributed by atoms with Crippen LogP contribution in [0.4, 0.5) is 4.79 Å². The summed E-state index contributed by atoms with van der Waals surface area (Å²) in [6, 6.07) is -1.59. The van der Waals surface area contributed by atoms with E-state index in [1.807, 2.05) is 0 Å². The molecule has 1 saturated heterocycles. The fraction of sp³-hybridized carbons (Fsp3) is 0.700. The molecule has 0 aliphatic carbocycles. The molecule has 1 rings (SSSR count). The molecule has 0 aromatic heterocycles. The first-order chi connectivity index (χ1) is 8.06. The van der Waals surface area contributed by atoms with Crippen LogP contribution >= 0.6 is 0 Å². The van der Waals surface area contributed by atoms with E-state index in [1.54, 1.807) is 0 Å². The zero-order valence-corrected chi connectivity index (χ0v) is 9.97. The fourth-order valence-electron chi connectivity index (χ4n) is 1.91. The van der Waals surface area contributed by atoms with Crippen LogP contribution in [0.1, 0.15) is 12.8 Å². The molecule has 0 bridgehead atoms. The van der Waals surface area contributed by atoms with Gasteiger partial charge < -0.3 is 14.2 Å². The number of rotatable bonds is 2. The van der Waals surface area contributed by atoms with Gasteiger partial charge in [0.1, 0.15) is 12.1 Å². The fourth-order valence-corrected chi connectivity index (χ4v) is 1.91. The standard InChI is InChI=1S/C10H15NO6/c1-15-8(12)6-4-5-7(9(13)16-2)11(6)10(14)17-3/h6-7H,4-5H2,1-3H3. The van der Waals surface area contributed by atoms with Crippen molar-refractivity contribution < 1.29 is 28.6 Å². The number of nitrogens with zero attached hydrogens (tertiary/aromatic N) is 1. The van der Waals surface area contributed by atoms with Gasteiger partial charge in [-0.1, -0.05) is 0 Å². The van der Waals surface area contributed by atoms with Crippen LogP contribution in [-0.4, -0.2) is 56.3 Å². The van der Waals surface area contributed by atoms with E-state index in [0.29, 0.717) is 12.8 Å². The quantitative estimate of drug-likeness (QED) is 0.500. The summed E-state index contributed by atoms with van der Waals surface area (Å²) in [7, 11) is 3.63. The molecule has 17 heavy (non-hydrogen) atoms. The van der Waals surface area contributed by atoms with Crippen LogP contribution in [0.25, 0.3) is 0 Å². The lowest BCUT2D eigenvalue weighted by Crippen LogP contribution is -2.48. The first-order valence-corrected chi connectivity index (χ1v) is 5.08. The molecule has 0 saturated carbocycles. The van der Waals surface area contributed by atoms with Gasteiger partial charge in [-0.25, -0.2) is 14.4 Å². The van der Waals surface area contributed by atoms with Crippen molar-refractivity contribution in [3.8, 4) is 0 Å². The SMILES string of the molecule is COC(=O)C1CCC(C(=O)OC)N1C(=O)OC. The molecular weight excluding hydrogens is 230 g/mol. The van der Waals surface area contributed by atoms with Crippen LogP contribution in [0.2, 0.25) is 0 Å². The maximum Gasteiger partial charge on any atom is 0.410 e. The van der Waals surface area contributed by atoms with Gasteiger partial charge in [0.2, 0.25) is 0 Å². The van der Waals surface area contributed by atoms with Crippen molar-refractivity contribution in [1.82, 2.24) is 4.90 Å². The Morgan fingerprint density at radius 2 is 1.29 bits per heavy atom. The Bertz CT molecular complexity index is 305. The van der Waals surface area contributed by atoms with Gasteiger partial charge in [0.05, 0.1) is 21.3 Å². The molecule has 0 radical (unpaired) electrons. The summed E-state index contributed by atoms with van der Waals surface area (Å²) in [5.41, 5.74) is 0. The maximum atomic E-state index is 11.6. The van der Waals surface area contributed by atoms with E-state index < -0.39 is 30.1 Å². The van der Waals surface area contributed by atoms with Crippen LogP contribution in [0.3, 0.4) is 0 Å². The Hall–Kier alpha value is -1.79. The lowest BCUT2D eigenvalue weighted by molar-refractivity contribution is -0.149. The second-order valence-electron chi connectivity index (χ2n) is 3.53. The number of carbonyl (C=O) groups is 3. The van der Waals surface area contributed by atoms with E-state index in [1.165, 1.54) is 21.3 Å². The number of ether oxygens (including phenoxy) is 3. The Morgan fingerprint density at radius 3 is 1.59 bits per heavy atom. The molecule has 1 amide bonds. The molecule has 1 heterocycles. The summed E-state index contributed by atoms with van der Waals surface area (Å²) in [5, 5.41) is 0. The van der Waals surface area contributed by atoms with Gasteiger partial charge in [-0.2, -0.15) is 0 Å². The zero-order valence-electron chi connectivity index (χ0n) is 9.97. The van der Waals surface area contributed by atoms with Crippen molar-refractivity contribution in [3.05, 3.63) is 0 Å². The smallest absolute Gasteiger partial charge is 0.410 e. The number of hydrogen-bond acceptors (Lipinski definition) is 6. The van der Waals surface area contributed by atoms with Gasteiger partial charge in [-0.05, 0) is 12.8 Å². The first kappa shape index (κ1) is 13.3. The molecule has 0 aromatic rings. The van der Waals surface area contributed by atoms with Crippen LogP contribution in [0.5, 0.6) is 0 Å². The molecule has 2 unspecified atom stereocenters. The van der Waals surface area contributed by atoms with Crippen LogP contribution in [0, 0.1) is 0 Å². The second kappa shape index (κ2) is 5.51. The van der Waals surface area contributed by atoms with Gasteiger partial charge in [0, 0.05) is 0 Å².